The summed E-state index contributed by atoms with van der Waals surface area (Å²) in [6, 6.07) is 8.59. The van der Waals surface area contributed by atoms with Gasteiger partial charge in [-0.2, -0.15) is 0 Å². The predicted octanol–water partition coefficient (Wildman–Crippen LogP) is 3.45. The molecule has 0 saturated carbocycles. The van der Waals surface area contributed by atoms with Crippen LogP contribution in [0.25, 0.3) is 0 Å². The minimum atomic E-state index is -0.755. The van der Waals surface area contributed by atoms with Crippen molar-refractivity contribution in [1.29, 1.82) is 0 Å². The van der Waals surface area contributed by atoms with Crippen LogP contribution in [0.2, 0.25) is 0 Å². The van der Waals surface area contributed by atoms with E-state index in [0.29, 0.717) is 6.42 Å². The number of hydrogen-bond donors (Lipinski definition) is 1. The van der Waals surface area contributed by atoms with E-state index in [0.717, 1.165) is 11.1 Å². The predicted molar refractivity (Wildman–Crippen MR) is 88.8 cm³/mol. The summed E-state index contributed by atoms with van der Waals surface area (Å²) in [4.78, 5) is 24.0. The van der Waals surface area contributed by atoms with Crippen molar-refractivity contribution in [2.45, 2.75) is 39.8 Å². The average Bonchev–Trinajstić information content (AvgIpc) is 2.51. The summed E-state index contributed by atoms with van der Waals surface area (Å²) < 4.78 is 10.2. The minimum Gasteiger partial charge on any atom is -0.464 e. The van der Waals surface area contributed by atoms with Crippen LogP contribution < -0.4 is 5.32 Å². The third-order valence-electron chi connectivity index (χ3n) is 3.27. The SMILES string of the molecule is C=C(C)C[C@H](C)C(NC(=O)OCc1ccccc1)C(=O)OCC. The van der Waals surface area contributed by atoms with Crippen LogP contribution in [-0.2, 0) is 20.9 Å². The van der Waals surface area contributed by atoms with Gasteiger partial charge in [-0.1, -0.05) is 42.8 Å². The van der Waals surface area contributed by atoms with Crippen molar-refractivity contribution < 1.29 is 19.1 Å². The molecule has 0 spiro atoms. The van der Waals surface area contributed by atoms with Gasteiger partial charge in [0.1, 0.15) is 12.6 Å². The van der Waals surface area contributed by atoms with E-state index in [2.05, 4.69) is 11.9 Å². The van der Waals surface area contributed by atoms with E-state index in [4.69, 9.17) is 9.47 Å². The molecular formula is C18H25NO4. The number of carbonyl (C=O) groups is 2. The van der Waals surface area contributed by atoms with E-state index in [-0.39, 0.29) is 19.1 Å². The lowest BCUT2D eigenvalue weighted by Gasteiger charge is -2.23. The summed E-state index contributed by atoms with van der Waals surface area (Å²) >= 11 is 0. The molecule has 0 aromatic heterocycles. The molecule has 23 heavy (non-hydrogen) atoms. The molecule has 5 nitrogen and oxygen atoms in total. The normalized spacial score (nSPS) is 12.8. The molecule has 0 saturated heterocycles. The first-order valence-electron chi connectivity index (χ1n) is 7.72. The number of carbonyl (C=O) groups excluding carboxylic acids is 2. The second-order valence-electron chi connectivity index (χ2n) is 5.57. The number of hydrogen-bond acceptors (Lipinski definition) is 4. The van der Waals surface area contributed by atoms with Gasteiger partial charge in [0.25, 0.3) is 0 Å². The fraction of sp³-hybridized carbons (Fsp3) is 0.444. The van der Waals surface area contributed by atoms with Gasteiger partial charge < -0.3 is 14.8 Å². The molecule has 1 aromatic carbocycles. The van der Waals surface area contributed by atoms with Gasteiger partial charge in [-0.3, -0.25) is 0 Å². The first-order chi connectivity index (χ1) is 10.9. The molecule has 0 aliphatic carbocycles. The van der Waals surface area contributed by atoms with E-state index in [1.807, 2.05) is 44.2 Å². The fourth-order valence-corrected chi connectivity index (χ4v) is 2.22. The second-order valence-corrected chi connectivity index (χ2v) is 5.57. The van der Waals surface area contributed by atoms with Gasteiger partial charge >= 0.3 is 12.1 Å². The molecule has 1 N–H and O–H groups in total. The number of alkyl carbamates (subject to hydrolysis) is 1. The number of amides is 1. The first kappa shape index (κ1) is 18.7. The second kappa shape index (κ2) is 9.66. The zero-order valence-corrected chi connectivity index (χ0v) is 14.0. The van der Waals surface area contributed by atoms with E-state index in [1.54, 1.807) is 6.92 Å². The number of ether oxygens (including phenoxy) is 2. The summed E-state index contributed by atoms with van der Waals surface area (Å²) in [7, 11) is 0. The Balaban J connectivity index is 2.62. The van der Waals surface area contributed by atoms with E-state index in [1.165, 1.54) is 0 Å². The van der Waals surface area contributed by atoms with Crippen molar-refractivity contribution in [3.05, 3.63) is 48.0 Å². The van der Waals surface area contributed by atoms with Crippen molar-refractivity contribution in [3.63, 3.8) is 0 Å². The zero-order valence-electron chi connectivity index (χ0n) is 14.0. The summed E-state index contributed by atoms with van der Waals surface area (Å²) in [6.45, 7) is 9.73. The minimum absolute atomic E-state index is 0.129. The molecule has 0 aliphatic heterocycles. The van der Waals surface area contributed by atoms with Crippen molar-refractivity contribution in [3.8, 4) is 0 Å². The average molecular weight is 319 g/mol. The Bertz CT molecular complexity index is 527. The maximum absolute atomic E-state index is 12.1. The number of rotatable bonds is 8. The highest BCUT2D eigenvalue weighted by Gasteiger charge is 2.28. The monoisotopic (exact) mass is 319 g/mol. The Morgan fingerprint density at radius 1 is 1.22 bits per heavy atom. The van der Waals surface area contributed by atoms with E-state index in [9.17, 15) is 9.59 Å². The molecule has 1 unspecified atom stereocenters. The Morgan fingerprint density at radius 2 is 1.87 bits per heavy atom. The molecular weight excluding hydrogens is 294 g/mol. The molecule has 1 amide bonds. The highest BCUT2D eigenvalue weighted by atomic mass is 16.6. The summed E-state index contributed by atoms with van der Waals surface area (Å²) in [5.74, 6) is -0.589. The fourth-order valence-electron chi connectivity index (χ4n) is 2.22. The quantitative estimate of drug-likeness (QED) is 0.589. The lowest BCUT2D eigenvalue weighted by molar-refractivity contribution is -0.146. The van der Waals surface area contributed by atoms with Gasteiger partial charge in [0.15, 0.2) is 0 Å². The lowest BCUT2D eigenvalue weighted by Crippen LogP contribution is -2.46. The Morgan fingerprint density at radius 3 is 2.43 bits per heavy atom. The van der Waals surface area contributed by atoms with Crippen LogP contribution in [0.5, 0.6) is 0 Å². The Hall–Kier alpha value is -2.30. The molecule has 0 bridgehead atoms. The molecule has 2 atom stereocenters. The van der Waals surface area contributed by atoms with Crippen LogP contribution in [0.3, 0.4) is 0 Å². The van der Waals surface area contributed by atoms with E-state index < -0.39 is 18.1 Å². The smallest absolute Gasteiger partial charge is 0.408 e. The summed E-state index contributed by atoms with van der Waals surface area (Å²) in [6.07, 6.45) is -0.0249. The maximum Gasteiger partial charge on any atom is 0.408 e. The third-order valence-corrected chi connectivity index (χ3v) is 3.27. The first-order valence-corrected chi connectivity index (χ1v) is 7.72. The van der Waals surface area contributed by atoms with Crippen molar-refractivity contribution >= 4 is 12.1 Å². The topological polar surface area (TPSA) is 64.6 Å². The number of nitrogens with one attached hydrogen (secondary N) is 1. The van der Waals surface area contributed by atoms with Crippen LogP contribution in [0.1, 0.15) is 32.8 Å². The van der Waals surface area contributed by atoms with Crippen molar-refractivity contribution in [2.75, 3.05) is 6.61 Å². The van der Waals surface area contributed by atoms with Gasteiger partial charge in [0, 0.05) is 0 Å². The van der Waals surface area contributed by atoms with E-state index >= 15 is 0 Å². The molecule has 0 fully saturated rings. The van der Waals surface area contributed by atoms with Gasteiger partial charge in [0.05, 0.1) is 6.61 Å². The summed E-state index contributed by atoms with van der Waals surface area (Å²) in [5.41, 5.74) is 1.82. The number of benzene rings is 1. The molecule has 126 valence electrons. The molecule has 0 aliphatic rings. The third kappa shape index (κ3) is 7.00. The van der Waals surface area contributed by atoms with Crippen LogP contribution in [0.15, 0.2) is 42.5 Å². The van der Waals surface area contributed by atoms with Crippen LogP contribution in [0, 0.1) is 5.92 Å². The van der Waals surface area contributed by atoms with Crippen molar-refractivity contribution in [2.24, 2.45) is 5.92 Å². The number of allylic oxidation sites excluding steroid dienone is 1. The highest BCUT2D eigenvalue weighted by molar-refractivity contribution is 5.81. The van der Waals surface area contributed by atoms with Gasteiger partial charge in [-0.15, -0.1) is 6.58 Å². The molecule has 1 aromatic rings. The molecule has 0 heterocycles. The lowest BCUT2D eigenvalue weighted by atomic mass is 9.95. The van der Waals surface area contributed by atoms with Gasteiger partial charge in [0.2, 0.25) is 0 Å². The molecule has 5 heteroatoms. The number of esters is 1. The highest BCUT2D eigenvalue weighted by Crippen LogP contribution is 2.15. The van der Waals surface area contributed by atoms with Crippen molar-refractivity contribution in [1.82, 2.24) is 5.32 Å². The molecule has 0 radical (unpaired) electrons. The summed E-state index contributed by atoms with van der Waals surface area (Å²) in [5, 5.41) is 2.60. The molecule has 1 rings (SSSR count). The van der Waals surface area contributed by atoms with Gasteiger partial charge in [-0.05, 0) is 31.7 Å². The largest absolute Gasteiger partial charge is 0.464 e. The van der Waals surface area contributed by atoms with Gasteiger partial charge in [-0.25, -0.2) is 9.59 Å². The van der Waals surface area contributed by atoms with Crippen LogP contribution in [0.4, 0.5) is 4.79 Å². The zero-order chi connectivity index (χ0) is 17.2. The van der Waals surface area contributed by atoms with Crippen LogP contribution >= 0.6 is 0 Å². The Labute approximate surface area is 137 Å². The Kier molecular flexibility index (Phi) is 7.88. The van der Waals surface area contributed by atoms with Crippen LogP contribution in [-0.4, -0.2) is 24.7 Å². The standard InChI is InChI=1S/C18H25NO4/c1-5-22-17(20)16(14(4)11-13(2)3)19-18(21)23-12-15-9-7-6-8-10-15/h6-10,14,16H,2,5,11-12H2,1,3-4H3,(H,19,21)/t14-,16?/m0/s1. The maximum atomic E-state index is 12.1.